The van der Waals surface area contributed by atoms with Crippen molar-refractivity contribution in [2.45, 2.75) is 26.6 Å². The lowest BCUT2D eigenvalue weighted by Gasteiger charge is -2.22. The number of thiazole rings is 1. The van der Waals surface area contributed by atoms with E-state index in [1.165, 1.54) is 12.1 Å². The van der Waals surface area contributed by atoms with Crippen LogP contribution in [0.15, 0.2) is 35.1 Å². The summed E-state index contributed by atoms with van der Waals surface area (Å²) in [5.41, 5.74) is -0.632. The summed E-state index contributed by atoms with van der Waals surface area (Å²) in [6.45, 7) is 4.14. The molecule has 1 N–H and O–H groups in total. The van der Waals surface area contributed by atoms with Gasteiger partial charge in [-0.1, -0.05) is 11.3 Å². The van der Waals surface area contributed by atoms with E-state index >= 15 is 0 Å². The molecule has 0 aliphatic rings. The molecule has 3 aromatic rings. The van der Waals surface area contributed by atoms with Crippen LogP contribution >= 0.6 is 11.3 Å². The summed E-state index contributed by atoms with van der Waals surface area (Å²) in [7, 11) is 0. The number of halogens is 4. The highest BCUT2D eigenvalue weighted by molar-refractivity contribution is 7.17. The predicted octanol–water partition coefficient (Wildman–Crippen LogP) is 3.69. The van der Waals surface area contributed by atoms with Crippen molar-refractivity contribution in [2.75, 3.05) is 18.0 Å². The Morgan fingerprint density at radius 3 is 2.47 bits per heavy atom. The van der Waals surface area contributed by atoms with Gasteiger partial charge in [0.05, 0.1) is 12.2 Å². The fourth-order valence-electron chi connectivity index (χ4n) is 2.98. The minimum atomic E-state index is -4.81. The lowest BCUT2D eigenvalue weighted by Crippen LogP contribution is -2.30. The van der Waals surface area contributed by atoms with Crippen molar-refractivity contribution in [2.24, 2.45) is 0 Å². The lowest BCUT2D eigenvalue weighted by atomic mass is 10.2. The second-order valence-electron chi connectivity index (χ2n) is 6.33. The molecule has 0 saturated carbocycles. The van der Waals surface area contributed by atoms with E-state index in [-0.39, 0.29) is 35.1 Å². The van der Waals surface area contributed by atoms with E-state index in [9.17, 15) is 27.2 Å². The number of hydrogen-bond acceptors (Lipinski definition) is 5. The summed E-state index contributed by atoms with van der Waals surface area (Å²) in [6, 6.07) is 6.80. The molecule has 1 aromatic carbocycles. The van der Waals surface area contributed by atoms with E-state index in [2.05, 4.69) is 10.3 Å². The maximum Gasteiger partial charge on any atom is 0.427 e. The van der Waals surface area contributed by atoms with Gasteiger partial charge in [0.15, 0.2) is 4.96 Å². The molecule has 0 radical (unpaired) electrons. The van der Waals surface area contributed by atoms with Crippen molar-refractivity contribution in [3.05, 3.63) is 62.8 Å². The molecule has 0 saturated heterocycles. The van der Waals surface area contributed by atoms with Crippen molar-refractivity contribution < 1.29 is 22.4 Å². The first kappa shape index (κ1) is 21.8. The Morgan fingerprint density at radius 2 is 1.90 bits per heavy atom. The van der Waals surface area contributed by atoms with E-state index in [4.69, 9.17) is 0 Å². The number of nitrogens with one attached hydrogen (secondary N) is 1. The first-order chi connectivity index (χ1) is 14.2. The highest BCUT2D eigenvalue weighted by Crippen LogP contribution is 2.37. The predicted molar refractivity (Wildman–Crippen MR) is 105 cm³/mol. The Kier molecular flexibility index (Phi) is 6.11. The Labute approximate surface area is 172 Å². The summed E-state index contributed by atoms with van der Waals surface area (Å²) in [5, 5.41) is 2.30. The van der Waals surface area contributed by atoms with Gasteiger partial charge in [0.25, 0.3) is 11.5 Å². The summed E-state index contributed by atoms with van der Waals surface area (Å²) in [4.78, 5) is 29.4. The second kappa shape index (κ2) is 8.42. The molecule has 11 heteroatoms. The first-order valence-electron chi connectivity index (χ1n) is 9.07. The van der Waals surface area contributed by atoms with Crippen LogP contribution in [0.5, 0.6) is 0 Å². The van der Waals surface area contributed by atoms with E-state index in [1.54, 1.807) is 24.0 Å². The molecule has 3 rings (SSSR count). The first-order valence-corrected chi connectivity index (χ1v) is 9.88. The van der Waals surface area contributed by atoms with Gasteiger partial charge in [0, 0.05) is 24.8 Å². The number of carbonyl (C=O) groups is 1. The molecule has 30 heavy (non-hydrogen) atoms. The fourth-order valence-corrected chi connectivity index (χ4v) is 3.99. The topological polar surface area (TPSA) is 66.7 Å². The van der Waals surface area contributed by atoms with Gasteiger partial charge in [-0.25, -0.2) is 13.8 Å². The largest absolute Gasteiger partial charge is 0.427 e. The molecule has 2 aromatic heterocycles. The molecule has 0 fully saturated rings. The normalized spacial score (nSPS) is 11.7. The van der Waals surface area contributed by atoms with E-state index < -0.39 is 34.0 Å². The van der Waals surface area contributed by atoms with Crippen LogP contribution in [0.2, 0.25) is 0 Å². The standard InChI is InChI=1S/C19H18F4N4O2S/c1-3-24-17(29)15-16(19(21,22)23)30-18-25-12(9-14(28)27(15)18)10-26(4-2)13-7-5-11(20)6-8-13/h5-9H,3-4,10H2,1-2H3,(H,24,29). The van der Waals surface area contributed by atoms with Crippen molar-refractivity contribution in [3.8, 4) is 0 Å². The molecule has 160 valence electrons. The number of anilines is 1. The second-order valence-corrected chi connectivity index (χ2v) is 7.31. The molecule has 0 aliphatic heterocycles. The van der Waals surface area contributed by atoms with E-state index in [0.29, 0.717) is 16.6 Å². The lowest BCUT2D eigenvalue weighted by molar-refractivity contribution is -0.134. The third-order valence-electron chi connectivity index (χ3n) is 4.31. The van der Waals surface area contributed by atoms with Gasteiger partial charge in [-0.15, -0.1) is 0 Å². The Morgan fingerprint density at radius 1 is 1.23 bits per heavy atom. The van der Waals surface area contributed by atoms with Gasteiger partial charge >= 0.3 is 6.18 Å². The minimum Gasteiger partial charge on any atom is -0.366 e. The molecule has 0 spiro atoms. The van der Waals surface area contributed by atoms with Gasteiger partial charge < -0.3 is 10.2 Å². The summed E-state index contributed by atoms with van der Waals surface area (Å²) >= 11 is 0.244. The van der Waals surface area contributed by atoms with Gasteiger partial charge in [-0.05, 0) is 38.1 Å². The molecule has 0 atom stereocenters. The number of nitrogens with zero attached hydrogens (tertiary/aromatic N) is 3. The quantitative estimate of drug-likeness (QED) is 0.592. The zero-order valence-electron chi connectivity index (χ0n) is 16.1. The van der Waals surface area contributed by atoms with Crippen molar-refractivity contribution in [1.29, 1.82) is 0 Å². The van der Waals surface area contributed by atoms with Crippen molar-refractivity contribution in [3.63, 3.8) is 0 Å². The van der Waals surface area contributed by atoms with Gasteiger partial charge in [0.1, 0.15) is 16.4 Å². The van der Waals surface area contributed by atoms with Crippen LogP contribution in [-0.4, -0.2) is 28.4 Å². The van der Waals surface area contributed by atoms with Crippen LogP contribution in [0, 0.1) is 5.82 Å². The van der Waals surface area contributed by atoms with Gasteiger partial charge in [0.2, 0.25) is 0 Å². The average molecular weight is 442 g/mol. The maximum absolute atomic E-state index is 13.5. The number of aromatic nitrogens is 2. The minimum absolute atomic E-state index is 0.108. The number of amides is 1. The van der Waals surface area contributed by atoms with Crippen LogP contribution in [0.25, 0.3) is 4.96 Å². The van der Waals surface area contributed by atoms with Gasteiger partial charge in [-0.2, -0.15) is 13.2 Å². The van der Waals surface area contributed by atoms with Crippen LogP contribution in [0.1, 0.15) is 34.9 Å². The van der Waals surface area contributed by atoms with Crippen LogP contribution in [0.3, 0.4) is 0 Å². The average Bonchev–Trinajstić information content (AvgIpc) is 3.08. The molecule has 1 amide bonds. The molecular formula is C19H18F4N4O2S. The van der Waals surface area contributed by atoms with Crippen molar-refractivity contribution >= 4 is 27.9 Å². The number of carbonyl (C=O) groups excluding carboxylic acids is 1. The third kappa shape index (κ3) is 4.30. The molecule has 0 bridgehead atoms. The van der Waals surface area contributed by atoms with Crippen molar-refractivity contribution in [1.82, 2.24) is 14.7 Å². The molecule has 6 nitrogen and oxygen atoms in total. The smallest absolute Gasteiger partial charge is 0.366 e. The molecule has 0 unspecified atom stereocenters. The number of hydrogen-bond donors (Lipinski definition) is 1. The molecular weight excluding hydrogens is 424 g/mol. The molecule has 0 aliphatic carbocycles. The number of rotatable bonds is 6. The fraction of sp³-hybridized carbons (Fsp3) is 0.316. The monoisotopic (exact) mass is 442 g/mol. The summed E-state index contributed by atoms with van der Waals surface area (Å²) in [5.74, 6) is -1.39. The zero-order chi connectivity index (χ0) is 22.1. The Bertz CT molecular complexity index is 1120. The number of alkyl halides is 3. The van der Waals surface area contributed by atoms with Crippen LogP contribution < -0.4 is 15.8 Å². The molecule has 2 heterocycles. The summed E-state index contributed by atoms with van der Waals surface area (Å²) in [6.07, 6.45) is -4.81. The van der Waals surface area contributed by atoms with Crippen LogP contribution in [-0.2, 0) is 12.7 Å². The van der Waals surface area contributed by atoms with E-state index in [0.717, 1.165) is 6.07 Å². The Hall–Kier alpha value is -2.95. The maximum atomic E-state index is 13.5. The van der Waals surface area contributed by atoms with E-state index in [1.807, 2.05) is 6.92 Å². The Balaban J connectivity index is 2.08. The highest BCUT2D eigenvalue weighted by atomic mass is 32.1. The summed E-state index contributed by atoms with van der Waals surface area (Å²) < 4.78 is 54.3. The zero-order valence-corrected chi connectivity index (χ0v) is 16.9. The third-order valence-corrected chi connectivity index (χ3v) is 5.39. The number of benzene rings is 1. The van der Waals surface area contributed by atoms with Gasteiger partial charge in [-0.3, -0.25) is 9.59 Å². The number of fused-ring (bicyclic) bond motifs is 1. The van der Waals surface area contributed by atoms with Crippen LogP contribution in [0.4, 0.5) is 23.2 Å². The highest BCUT2D eigenvalue weighted by Gasteiger charge is 2.40. The SMILES string of the molecule is CCNC(=O)c1c(C(F)(F)F)sc2nc(CN(CC)c3ccc(F)cc3)cc(=O)n12.